The molecule has 2 aliphatic heterocycles. The van der Waals surface area contributed by atoms with Gasteiger partial charge in [-0.2, -0.15) is 0 Å². The molecule has 0 spiro atoms. The second-order valence-electron chi connectivity index (χ2n) is 5.92. The van der Waals surface area contributed by atoms with Gasteiger partial charge >= 0.3 is 0 Å². The van der Waals surface area contributed by atoms with Crippen molar-refractivity contribution < 1.29 is 14.3 Å². The van der Waals surface area contributed by atoms with Crippen LogP contribution in [-0.4, -0.2) is 50.3 Å². The van der Waals surface area contributed by atoms with E-state index in [-0.39, 0.29) is 18.3 Å². The second kappa shape index (κ2) is 8.25. The summed E-state index contributed by atoms with van der Waals surface area (Å²) in [5.74, 6) is 1.34. The molecule has 138 valence electrons. The number of nitrogens with one attached hydrogen (secondary N) is 2. The van der Waals surface area contributed by atoms with Crippen LogP contribution in [0, 0.1) is 0 Å². The van der Waals surface area contributed by atoms with Crippen molar-refractivity contribution in [2.45, 2.75) is 0 Å². The van der Waals surface area contributed by atoms with Crippen LogP contribution in [0.5, 0.6) is 11.5 Å². The number of ether oxygens (including phenoxy) is 2. The molecule has 0 unspecified atom stereocenters. The molecule has 0 saturated carbocycles. The monoisotopic (exact) mass is 376 g/mol. The number of carbonyl (C=O) groups is 1. The molecule has 3 heterocycles. The number of benzene rings is 1. The molecule has 1 aromatic carbocycles. The fourth-order valence-electron chi connectivity index (χ4n) is 3.01. The maximum atomic E-state index is 12.6. The molecular weight excluding hydrogens is 356 g/mol. The summed E-state index contributed by atoms with van der Waals surface area (Å²) in [5, 5.41) is 6.15. The average Bonchev–Trinajstić information content (AvgIpc) is 2.69. The third-order valence-electron chi connectivity index (χ3n) is 4.28. The summed E-state index contributed by atoms with van der Waals surface area (Å²) in [6.07, 6.45) is 1.79. The predicted octanol–water partition coefficient (Wildman–Crippen LogP) is 1.94. The lowest BCUT2D eigenvalue weighted by Gasteiger charge is -2.29. The van der Waals surface area contributed by atoms with E-state index in [0.29, 0.717) is 36.1 Å². The van der Waals surface area contributed by atoms with Crippen molar-refractivity contribution in [3.63, 3.8) is 0 Å². The fraction of sp³-hybridized carbons (Fsp3) is 0.333. The number of anilines is 2. The first kappa shape index (κ1) is 18.3. The standard InChI is InChI=1S/C18H20N4O3.ClH/c23-18(14-2-1-3-15-17(14)25-11-10-24-15)21-16-5-4-13(12-20-16)22-8-6-19-7-9-22;/h1-5,12,19H,6-11H2,(H,20,21,23);1H. The van der Waals surface area contributed by atoms with Crippen LogP contribution in [0.1, 0.15) is 10.4 Å². The van der Waals surface area contributed by atoms with Crippen LogP contribution in [0.15, 0.2) is 36.5 Å². The van der Waals surface area contributed by atoms with E-state index >= 15 is 0 Å². The number of pyridine rings is 1. The number of nitrogens with zero attached hydrogens (tertiary/aromatic N) is 2. The van der Waals surface area contributed by atoms with Crippen LogP contribution in [0.25, 0.3) is 0 Å². The van der Waals surface area contributed by atoms with Crippen LogP contribution in [0.3, 0.4) is 0 Å². The molecule has 1 fully saturated rings. The summed E-state index contributed by atoms with van der Waals surface area (Å²) in [6.45, 7) is 4.79. The molecule has 0 radical (unpaired) electrons. The number of carbonyl (C=O) groups excluding carboxylic acids is 1. The van der Waals surface area contributed by atoms with Gasteiger partial charge < -0.3 is 25.0 Å². The van der Waals surface area contributed by atoms with Gasteiger partial charge in [0, 0.05) is 26.2 Å². The molecule has 2 aromatic rings. The van der Waals surface area contributed by atoms with E-state index < -0.39 is 0 Å². The smallest absolute Gasteiger partial charge is 0.260 e. The van der Waals surface area contributed by atoms with Gasteiger partial charge in [0.2, 0.25) is 0 Å². The first-order chi connectivity index (χ1) is 12.3. The molecule has 0 aliphatic carbocycles. The number of hydrogen-bond donors (Lipinski definition) is 2. The highest BCUT2D eigenvalue weighted by Gasteiger charge is 2.20. The second-order valence-corrected chi connectivity index (χ2v) is 5.92. The zero-order chi connectivity index (χ0) is 17.1. The minimum atomic E-state index is -0.259. The van der Waals surface area contributed by atoms with E-state index in [1.54, 1.807) is 24.4 Å². The Morgan fingerprint density at radius 3 is 2.69 bits per heavy atom. The number of hydrogen-bond acceptors (Lipinski definition) is 6. The van der Waals surface area contributed by atoms with Gasteiger partial charge in [-0.15, -0.1) is 12.4 Å². The molecule has 26 heavy (non-hydrogen) atoms. The van der Waals surface area contributed by atoms with Crippen LogP contribution >= 0.6 is 12.4 Å². The Kier molecular flexibility index (Phi) is 5.80. The fourth-order valence-corrected chi connectivity index (χ4v) is 3.01. The normalized spacial score (nSPS) is 15.8. The molecule has 0 bridgehead atoms. The Hall–Kier alpha value is -2.51. The van der Waals surface area contributed by atoms with Gasteiger partial charge in [-0.25, -0.2) is 4.98 Å². The highest BCUT2D eigenvalue weighted by atomic mass is 35.5. The lowest BCUT2D eigenvalue weighted by atomic mass is 10.1. The minimum Gasteiger partial charge on any atom is -0.486 e. The quantitative estimate of drug-likeness (QED) is 0.852. The predicted molar refractivity (Wildman–Crippen MR) is 102 cm³/mol. The average molecular weight is 377 g/mol. The van der Waals surface area contributed by atoms with Crippen molar-refractivity contribution >= 4 is 29.8 Å². The SMILES string of the molecule is Cl.O=C(Nc1ccc(N2CCNCC2)cn1)c1cccc2c1OCCO2. The number of rotatable bonds is 3. The first-order valence-electron chi connectivity index (χ1n) is 8.43. The summed E-state index contributed by atoms with van der Waals surface area (Å²) in [6, 6.07) is 9.10. The molecule has 1 amide bonds. The van der Waals surface area contributed by atoms with Gasteiger partial charge in [-0.3, -0.25) is 4.79 Å². The molecule has 2 N–H and O–H groups in total. The van der Waals surface area contributed by atoms with Crippen LogP contribution in [0.4, 0.5) is 11.5 Å². The van der Waals surface area contributed by atoms with Crippen molar-refractivity contribution in [3.8, 4) is 11.5 Å². The molecule has 8 heteroatoms. The Labute approximate surface area is 158 Å². The van der Waals surface area contributed by atoms with Crippen molar-refractivity contribution in [2.75, 3.05) is 49.6 Å². The number of amides is 1. The lowest BCUT2D eigenvalue weighted by Crippen LogP contribution is -2.43. The minimum absolute atomic E-state index is 0. The summed E-state index contributed by atoms with van der Waals surface area (Å²) >= 11 is 0. The molecule has 7 nitrogen and oxygen atoms in total. The van der Waals surface area contributed by atoms with Crippen LogP contribution in [0.2, 0.25) is 0 Å². The number of fused-ring (bicyclic) bond motifs is 1. The molecule has 1 aromatic heterocycles. The third-order valence-corrected chi connectivity index (χ3v) is 4.28. The summed E-state index contributed by atoms with van der Waals surface area (Å²) in [5.41, 5.74) is 1.51. The van der Waals surface area contributed by atoms with Gasteiger partial charge in [0.15, 0.2) is 11.5 Å². The van der Waals surface area contributed by atoms with Gasteiger partial charge in [-0.05, 0) is 24.3 Å². The van der Waals surface area contributed by atoms with E-state index in [1.807, 2.05) is 12.1 Å². The summed E-state index contributed by atoms with van der Waals surface area (Å²) in [7, 11) is 0. The van der Waals surface area contributed by atoms with Gasteiger partial charge in [0.25, 0.3) is 5.91 Å². The van der Waals surface area contributed by atoms with Gasteiger partial charge in [-0.1, -0.05) is 6.07 Å². The van der Waals surface area contributed by atoms with E-state index in [9.17, 15) is 4.79 Å². The zero-order valence-corrected chi connectivity index (χ0v) is 15.1. The van der Waals surface area contributed by atoms with E-state index in [4.69, 9.17) is 9.47 Å². The van der Waals surface area contributed by atoms with E-state index in [2.05, 4.69) is 20.5 Å². The van der Waals surface area contributed by atoms with Gasteiger partial charge in [0.05, 0.1) is 17.4 Å². The molecule has 2 aliphatic rings. The number of piperazine rings is 1. The first-order valence-corrected chi connectivity index (χ1v) is 8.43. The molecule has 1 saturated heterocycles. The molecular formula is C18H21ClN4O3. The Balaban J connectivity index is 0.00000196. The lowest BCUT2D eigenvalue weighted by molar-refractivity contribution is 0.101. The van der Waals surface area contributed by atoms with E-state index in [0.717, 1.165) is 31.9 Å². The number of halogens is 1. The molecule has 4 rings (SSSR count). The largest absolute Gasteiger partial charge is 0.486 e. The zero-order valence-electron chi connectivity index (χ0n) is 14.2. The maximum absolute atomic E-state index is 12.6. The summed E-state index contributed by atoms with van der Waals surface area (Å²) < 4.78 is 11.1. The Morgan fingerprint density at radius 2 is 1.92 bits per heavy atom. The third kappa shape index (κ3) is 3.84. The Bertz CT molecular complexity index is 764. The van der Waals surface area contributed by atoms with Gasteiger partial charge in [0.1, 0.15) is 19.0 Å². The van der Waals surface area contributed by atoms with Crippen molar-refractivity contribution in [2.24, 2.45) is 0 Å². The van der Waals surface area contributed by atoms with Crippen LogP contribution in [-0.2, 0) is 0 Å². The maximum Gasteiger partial charge on any atom is 0.260 e. The van der Waals surface area contributed by atoms with E-state index in [1.165, 1.54) is 0 Å². The summed E-state index contributed by atoms with van der Waals surface area (Å²) in [4.78, 5) is 19.2. The highest BCUT2D eigenvalue weighted by Crippen LogP contribution is 2.33. The van der Waals surface area contributed by atoms with Crippen molar-refractivity contribution in [1.82, 2.24) is 10.3 Å². The highest BCUT2D eigenvalue weighted by molar-refractivity contribution is 6.06. The number of aromatic nitrogens is 1. The topological polar surface area (TPSA) is 75.7 Å². The van der Waals surface area contributed by atoms with Crippen LogP contribution < -0.4 is 25.0 Å². The number of para-hydroxylation sites is 1. The van der Waals surface area contributed by atoms with Crippen molar-refractivity contribution in [1.29, 1.82) is 0 Å². The Morgan fingerprint density at radius 1 is 1.12 bits per heavy atom. The van der Waals surface area contributed by atoms with Crippen molar-refractivity contribution in [3.05, 3.63) is 42.1 Å². The molecule has 0 atom stereocenters.